The number of esters is 1. The zero-order valence-electron chi connectivity index (χ0n) is 12.1. The predicted molar refractivity (Wildman–Crippen MR) is 70.9 cm³/mol. The summed E-state index contributed by atoms with van der Waals surface area (Å²) in [6.07, 6.45) is 2.47. The predicted octanol–water partition coefficient (Wildman–Crippen LogP) is 1.87. The molecule has 0 aromatic rings. The van der Waals surface area contributed by atoms with Crippen molar-refractivity contribution < 1.29 is 23.8 Å². The molecule has 1 unspecified atom stereocenters. The number of hydrogen-bond donors (Lipinski definition) is 1. The van der Waals surface area contributed by atoms with Gasteiger partial charge in [0, 0.05) is 7.11 Å². The number of methoxy groups -OCH3 is 1. The van der Waals surface area contributed by atoms with Crippen LogP contribution in [0.1, 0.15) is 39.5 Å². The molecule has 1 N–H and O–H groups in total. The average molecular weight is 275 g/mol. The summed E-state index contributed by atoms with van der Waals surface area (Å²) in [5, 5.41) is 2.53. The molecular weight excluding hydrogens is 250 g/mol. The highest BCUT2D eigenvalue weighted by molar-refractivity contribution is 5.81. The van der Waals surface area contributed by atoms with Gasteiger partial charge in [0.25, 0.3) is 0 Å². The molecule has 0 fully saturated rings. The van der Waals surface area contributed by atoms with E-state index < -0.39 is 18.1 Å². The Morgan fingerprint density at radius 3 is 2.37 bits per heavy atom. The second-order valence-corrected chi connectivity index (χ2v) is 4.14. The summed E-state index contributed by atoms with van der Waals surface area (Å²) >= 11 is 0. The summed E-state index contributed by atoms with van der Waals surface area (Å²) in [6.45, 7) is 4.79. The van der Waals surface area contributed by atoms with Crippen LogP contribution in [0.4, 0.5) is 4.79 Å². The van der Waals surface area contributed by atoms with Crippen molar-refractivity contribution in [2.24, 2.45) is 0 Å². The summed E-state index contributed by atoms with van der Waals surface area (Å²) < 4.78 is 14.7. The first-order valence-corrected chi connectivity index (χ1v) is 6.74. The monoisotopic (exact) mass is 275 g/mol. The number of nitrogens with one attached hydrogen (secondary N) is 1. The molecule has 0 heterocycles. The number of unbranched alkanes of at least 4 members (excludes halogenated alkanes) is 1. The molecule has 0 saturated carbocycles. The van der Waals surface area contributed by atoms with E-state index in [-0.39, 0.29) is 6.61 Å². The number of alkyl carbamates (subject to hydrolysis) is 1. The van der Waals surface area contributed by atoms with Crippen LogP contribution in [-0.4, -0.2) is 45.0 Å². The Hall–Kier alpha value is -1.30. The summed E-state index contributed by atoms with van der Waals surface area (Å²) in [5.41, 5.74) is 0. The summed E-state index contributed by atoms with van der Waals surface area (Å²) in [5.74, 6) is -0.404. The summed E-state index contributed by atoms with van der Waals surface area (Å²) in [4.78, 5) is 23.2. The fourth-order valence-electron chi connectivity index (χ4n) is 1.36. The van der Waals surface area contributed by atoms with Crippen LogP contribution < -0.4 is 5.32 Å². The van der Waals surface area contributed by atoms with Gasteiger partial charge >= 0.3 is 12.1 Å². The lowest BCUT2D eigenvalue weighted by molar-refractivity contribution is -0.146. The van der Waals surface area contributed by atoms with E-state index in [1.165, 1.54) is 7.11 Å². The largest absolute Gasteiger partial charge is 0.464 e. The molecule has 1 amide bonds. The van der Waals surface area contributed by atoms with Crippen molar-refractivity contribution in [3.63, 3.8) is 0 Å². The van der Waals surface area contributed by atoms with Crippen LogP contribution in [0.25, 0.3) is 0 Å². The van der Waals surface area contributed by atoms with Gasteiger partial charge in [0.15, 0.2) is 0 Å². The number of carbonyl (C=O) groups excluding carboxylic acids is 2. The fourth-order valence-corrected chi connectivity index (χ4v) is 1.36. The van der Waals surface area contributed by atoms with Crippen molar-refractivity contribution in [2.75, 3.05) is 26.9 Å². The van der Waals surface area contributed by atoms with E-state index in [1.54, 1.807) is 0 Å². The zero-order chi connectivity index (χ0) is 14.5. The standard InChI is InChI=1S/C13H25NO5/c1-4-6-7-11(12(15)18-8-5-2)14-13(16)19-10-9-17-3/h11H,4-10H2,1-3H3,(H,14,16). The Morgan fingerprint density at radius 2 is 1.79 bits per heavy atom. The molecule has 0 rings (SSSR count). The Balaban J connectivity index is 4.16. The van der Waals surface area contributed by atoms with Crippen LogP contribution in [0, 0.1) is 0 Å². The summed E-state index contributed by atoms with van der Waals surface area (Å²) in [7, 11) is 1.52. The van der Waals surface area contributed by atoms with Gasteiger partial charge in [0.05, 0.1) is 13.2 Å². The quantitative estimate of drug-likeness (QED) is 0.486. The minimum Gasteiger partial charge on any atom is -0.464 e. The van der Waals surface area contributed by atoms with Gasteiger partial charge in [-0.2, -0.15) is 0 Å². The molecule has 6 heteroatoms. The number of amides is 1. The molecule has 0 saturated heterocycles. The zero-order valence-corrected chi connectivity index (χ0v) is 12.1. The third-order valence-corrected chi connectivity index (χ3v) is 2.39. The van der Waals surface area contributed by atoms with E-state index in [1.807, 2.05) is 13.8 Å². The van der Waals surface area contributed by atoms with Gasteiger partial charge in [-0.25, -0.2) is 9.59 Å². The van der Waals surface area contributed by atoms with Crippen molar-refractivity contribution in [1.29, 1.82) is 0 Å². The lowest BCUT2D eigenvalue weighted by atomic mass is 10.1. The van der Waals surface area contributed by atoms with Gasteiger partial charge in [0.1, 0.15) is 12.6 Å². The molecule has 0 aliphatic rings. The van der Waals surface area contributed by atoms with Crippen LogP contribution in [-0.2, 0) is 19.0 Å². The Kier molecular flexibility index (Phi) is 11.0. The first-order chi connectivity index (χ1) is 9.15. The Bertz CT molecular complexity index is 257. The van der Waals surface area contributed by atoms with Crippen LogP contribution in [0.5, 0.6) is 0 Å². The molecule has 0 spiro atoms. The SMILES string of the molecule is CCCCC(NC(=O)OCCOC)C(=O)OCCC. The van der Waals surface area contributed by atoms with Crippen LogP contribution in [0.15, 0.2) is 0 Å². The molecule has 0 aliphatic carbocycles. The fraction of sp³-hybridized carbons (Fsp3) is 0.846. The van der Waals surface area contributed by atoms with E-state index in [0.29, 0.717) is 19.6 Å². The minimum atomic E-state index is -0.637. The molecule has 0 radical (unpaired) electrons. The van der Waals surface area contributed by atoms with Crippen molar-refractivity contribution >= 4 is 12.1 Å². The molecule has 0 bridgehead atoms. The number of ether oxygens (including phenoxy) is 3. The van der Waals surface area contributed by atoms with E-state index in [9.17, 15) is 9.59 Å². The first kappa shape index (κ1) is 17.7. The molecular formula is C13H25NO5. The number of carbonyl (C=O) groups is 2. The maximum atomic E-state index is 11.8. The van der Waals surface area contributed by atoms with E-state index in [0.717, 1.165) is 19.3 Å². The average Bonchev–Trinajstić information content (AvgIpc) is 2.41. The second-order valence-electron chi connectivity index (χ2n) is 4.14. The first-order valence-electron chi connectivity index (χ1n) is 6.74. The van der Waals surface area contributed by atoms with Gasteiger partial charge in [-0.1, -0.05) is 26.7 Å². The lowest BCUT2D eigenvalue weighted by Gasteiger charge is -2.17. The topological polar surface area (TPSA) is 73.9 Å². The van der Waals surface area contributed by atoms with Gasteiger partial charge in [0.2, 0.25) is 0 Å². The highest BCUT2D eigenvalue weighted by atomic mass is 16.6. The van der Waals surface area contributed by atoms with Crippen molar-refractivity contribution in [3.05, 3.63) is 0 Å². The molecule has 19 heavy (non-hydrogen) atoms. The Labute approximate surface area is 114 Å². The normalized spacial score (nSPS) is 11.7. The summed E-state index contributed by atoms with van der Waals surface area (Å²) in [6, 6.07) is -0.637. The van der Waals surface area contributed by atoms with Crippen molar-refractivity contribution in [1.82, 2.24) is 5.32 Å². The third kappa shape index (κ3) is 9.30. The highest BCUT2D eigenvalue weighted by Gasteiger charge is 2.22. The van der Waals surface area contributed by atoms with Gasteiger partial charge < -0.3 is 19.5 Å². The van der Waals surface area contributed by atoms with Crippen molar-refractivity contribution in [3.8, 4) is 0 Å². The van der Waals surface area contributed by atoms with Crippen LogP contribution in [0.2, 0.25) is 0 Å². The molecule has 0 aromatic heterocycles. The van der Waals surface area contributed by atoms with Gasteiger partial charge in [-0.15, -0.1) is 0 Å². The van der Waals surface area contributed by atoms with Crippen molar-refractivity contribution in [2.45, 2.75) is 45.6 Å². The smallest absolute Gasteiger partial charge is 0.407 e. The van der Waals surface area contributed by atoms with E-state index in [2.05, 4.69) is 5.32 Å². The number of hydrogen-bond acceptors (Lipinski definition) is 5. The lowest BCUT2D eigenvalue weighted by Crippen LogP contribution is -2.42. The number of rotatable bonds is 10. The molecule has 0 aliphatic heterocycles. The molecule has 112 valence electrons. The van der Waals surface area contributed by atoms with Gasteiger partial charge in [-0.05, 0) is 12.8 Å². The minimum absolute atomic E-state index is 0.160. The second kappa shape index (κ2) is 11.8. The molecule has 1 atom stereocenters. The van der Waals surface area contributed by atoms with Crippen LogP contribution in [0.3, 0.4) is 0 Å². The Morgan fingerprint density at radius 1 is 1.05 bits per heavy atom. The molecule has 0 aromatic carbocycles. The van der Waals surface area contributed by atoms with Crippen LogP contribution >= 0.6 is 0 Å². The maximum absolute atomic E-state index is 11.8. The van der Waals surface area contributed by atoms with Gasteiger partial charge in [-0.3, -0.25) is 0 Å². The van der Waals surface area contributed by atoms with E-state index >= 15 is 0 Å². The third-order valence-electron chi connectivity index (χ3n) is 2.39. The highest BCUT2D eigenvalue weighted by Crippen LogP contribution is 2.04. The molecule has 6 nitrogen and oxygen atoms in total. The maximum Gasteiger partial charge on any atom is 0.407 e. The van der Waals surface area contributed by atoms with E-state index in [4.69, 9.17) is 14.2 Å².